The number of likely N-dealkylation sites (N-methyl/N-ethyl adjacent to an activating group) is 1. The lowest BCUT2D eigenvalue weighted by Crippen LogP contribution is -2.40. The molecule has 2 N–H and O–H groups in total. The lowest BCUT2D eigenvalue weighted by molar-refractivity contribution is 0.0698. The van der Waals surface area contributed by atoms with Crippen molar-refractivity contribution in [3.05, 3.63) is 30.3 Å². The van der Waals surface area contributed by atoms with E-state index in [0.29, 0.717) is 19.3 Å². The van der Waals surface area contributed by atoms with Gasteiger partial charge in [-0.05, 0) is 32.4 Å². The summed E-state index contributed by atoms with van der Waals surface area (Å²) in [7, 11) is 3.79. The van der Waals surface area contributed by atoms with Crippen molar-refractivity contribution in [3.8, 4) is 0 Å². The van der Waals surface area contributed by atoms with Crippen molar-refractivity contribution in [2.24, 2.45) is 4.99 Å². The zero-order chi connectivity index (χ0) is 18.3. The molecule has 0 amide bonds. The van der Waals surface area contributed by atoms with Gasteiger partial charge < -0.3 is 25.0 Å². The van der Waals surface area contributed by atoms with Crippen molar-refractivity contribution in [3.63, 3.8) is 0 Å². The van der Waals surface area contributed by atoms with Gasteiger partial charge in [0.2, 0.25) is 0 Å². The molecule has 6 heteroatoms. The molecule has 142 valence electrons. The number of nitrogens with one attached hydrogen (secondary N) is 2. The smallest absolute Gasteiger partial charge is 0.191 e. The molecule has 1 atom stereocenters. The van der Waals surface area contributed by atoms with E-state index in [2.05, 4.69) is 60.7 Å². The Morgan fingerprint density at radius 3 is 2.60 bits per heavy atom. The number of guanidine groups is 1. The van der Waals surface area contributed by atoms with Crippen molar-refractivity contribution >= 4 is 11.6 Å². The van der Waals surface area contributed by atoms with Crippen molar-refractivity contribution in [1.82, 2.24) is 10.6 Å². The molecular weight excluding hydrogens is 316 g/mol. The molecule has 1 unspecified atom stereocenters. The predicted molar refractivity (Wildman–Crippen MR) is 106 cm³/mol. The maximum absolute atomic E-state index is 5.46. The van der Waals surface area contributed by atoms with Gasteiger partial charge in [-0.1, -0.05) is 18.2 Å². The van der Waals surface area contributed by atoms with Gasteiger partial charge >= 0.3 is 0 Å². The topological polar surface area (TPSA) is 58.1 Å². The first kappa shape index (κ1) is 21.3. The van der Waals surface area contributed by atoms with Gasteiger partial charge in [0.1, 0.15) is 0 Å². The molecule has 0 aliphatic rings. The zero-order valence-corrected chi connectivity index (χ0v) is 16.1. The summed E-state index contributed by atoms with van der Waals surface area (Å²) in [5.74, 6) is 0.854. The SMILES string of the molecule is CCNC(=NCC(C)N(C)c1ccccc1)NCCCOCCOC. The third kappa shape index (κ3) is 9.31. The minimum absolute atomic E-state index is 0.315. The molecular formula is C19H34N4O2. The van der Waals surface area contributed by atoms with Crippen LogP contribution in [0.5, 0.6) is 0 Å². The largest absolute Gasteiger partial charge is 0.382 e. The second kappa shape index (κ2) is 13.5. The van der Waals surface area contributed by atoms with Crippen molar-refractivity contribution < 1.29 is 9.47 Å². The number of para-hydroxylation sites is 1. The highest BCUT2D eigenvalue weighted by molar-refractivity contribution is 5.79. The fourth-order valence-electron chi connectivity index (χ4n) is 2.23. The van der Waals surface area contributed by atoms with Crippen LogP contribution >= 0.6 is 0 Å². The van der Waals surface area contributed by atoms with Crippen LogP contribution in [0.25, 0.3) is 0 Å². The molecule has 0 spiro atoms. The fourth-order valence-corrected chi connectivity index (χ4v) is 2.23. The minimum atomic E-state index is 0.315. The summed E-state index contributed by atoms with van der Waals surface area (Å²) in [6.07, 6.45) is 0.938. The molecule has 0 saturated heterocycles. The van der Waals surface area contributed by atoms with E-state index < -0.39 is 0 Å². The van der Waals surface area contributed by atoms with Gasteiger partial charge in [0.25, 0.3) is 0 Å². The number of anilines is 1. The van der Waals surface area contributed by atoms with Crippen LogP contribution in [0.4, 0.5) is 5.69 Å². The van der Waals surface area contributed by atoms with E-state index in [9.17, 15) is 0 Å². The van der Waals surface area contributed by atoms with E-state index >= 15 is 0 Å². The van der Waals surface area contributed by atoms with E-state index in [4.69, 9.17) is 14.5 Å². The molecule has 0 bridgehead atoms. The number of nitrogens with zero attached hydrogens (tertiary/aromatic N) is 2. The molecule has 0 heterocycles. The summed E-state index contributed by atoms with van der Waals surface area (Å²) in [5, 5.41) is 6.64. The van der Waals surface area contributed by atoms with Crippen LogP contribution in [0.2, 0.25) is 0 Å². The van der Waals surface area contributed by atoms with E-state index in [1.807, 2.05) is 6.07 Å². The Morgan fingerprint density at radius 1 is 1.16 bits per heavy atom. The first-order valence-corrected chi connectivity index (χ1v) is 9.05. The lowest BCUT2D eigenvalue weighted by atomic mass is 10.2. The molecule has 1 aromatic carbocycles. The molecule has 0 saturated carbocycles. The third-order valence-electron chi connectivity index (χ3n) is 3.87. The first-order chi connectivity index (χ1) is 12.2. The highest BCUT2D eigenvalue weighted by atomic mass is 16.5. The number of hydrogen-bond acceptors (Lipinski definition) is 4. The highest BCUT2D eigenvalue weighted by Gasteiger charge is 2.09. The summed E-state index contributed by atoms with van der Waals surface area (Å²) in [5.41, 5.74) is 1.20. The number of rotatable bonds is 12. The first-order valence-electron chi connectivity index (χ1n) is 9.05. The standard InChI is InChI=1S/C19H34N4O2/c1-5-20-19(21-12-9-13-25-15-14-24-4)22-16-17(2)23(3)18-10-7-6-8-11-18/h6-8,10-11,17H,5,9,12-16H2,1-4H3,(H2,20,21,22). The molecule has 0 aliphatic heterocycles. The van der Waals surface area contributed by atoms with Gasteiger partial charge in [-0.3, -0.25) is 4.99 Å². The molecule has 6 nitrogen and oxygen atoms in total. The van der Waals surface area contributed by atoms with Gasteiger partial charge in [-0.2, -0.15) is 0 Å². The van der Waals surface area contributed by atoms with E-state index in [1.165, 1.54) is 5.69 Å². The molecule has 0 fully saturated rings. The Labute approximate surface area is 152 Å². The van der Waals surface area contributed by atoms with Crippen LogP contribution < -0.4 is 15.5 Å². The van der Waals surface area contributed by atoms with Gasteiger partial charge in [0.15, 0.2) is 5.96 Å². The summed E-state index contributed by atoms with van der Waals surface area (Å²) in [6, 6.07) is 10.7. The van der Waals surface area contributed by atoms with Crippen LogP contribution in [0.15, 0.2) is 35.3 Å². The Bertz CT molecular complexity index is 468. The second-order valence-electron chi connectivity index (χ2n) is 5.90. The molecule has 1 aromatic rings. The summed E-state index contributed by atoms with van der Waals surface area (Å²) < 4.78 is 10.4. The van der Waals surface area contributed by atoms with E-state index in [0.717, 1.165) is 38.6 Å². The van der Waals surface area contributed by atoms with Gasteiger partial charge in [-0.15, -0.1) is 0 Å². The summed E-state index contributed by atoms with van der Waals surface area (Å²) in [4.78, 5) is 6.95. The number of aliphatic imine (C=N–C) groups is 1. The van der Waals surface area contributed by atoms with Crippen molar-refractivity contribution in [2.75, 3.05) is 58.5 Å². The number of methoxy groups -OCH3 is 1. The minimum Gasteiger partial charge on any atom is -0.382 e. The maximum atomic E-state index is 5.46. The Kier molecular flexibility index (Phi) is 11.5. The Hall–Kier alpha value is -1.79. The maximum Gasteiger partial charge on any atom is 0.191 e. The van der Waals surface area contributed by atoms with Crippen LogP contribution in [0.3, 0.4) is 0 Å². The normalized spacial score (nSPS) is 12.7. The summed E-state index contributed by atoms with van der Waals surface area (Å²) >= 11 is 0. The average molecular weight is 351 g/mol. The summed E-state index contributed by atoms with van der Waals surface area (Å²) in [6.45, 7) is 8.68. The Morgan fingerprint density at radius 2 is 1.92 bits per heavy atom. The fraction of sp³-hybridized carbons (Fsp3) is 0.632. The van der Waals surface area contributed by atoms with Crippen LogP contribution in [-0.2, 0) is 9.47 Å². The number of ether oxygens (including phenoxy) is 2. The molecule has 0 radical (unpaired) electrons. The van der Waals surface area contributed by atoms with Gasteiger partial charge in [-0.25, -0.2) is 0 Å². The Balaban J connectivity index is 2.36. The monoisotopic (exact) mass is 350 g/mol. The molecule has 0 aliphatic carbocycles. The highest BCUT2D eigenvalue weighted by Crippen LogP contribution is 2.13. The quantitative estimate of drug-likeness (QED) is 0.344. The average Bonchev–Trinajstić information content (AvgIpc) is 2.65. The van der Waals surface area contributed by atoms with Crippen LogP contribution in [0.1, 0.15) is 20.3 Å². The zero-order valence-electron chi connectivity index (χ0n) is 16.1. The number of hydrogen-bond donors (Lipinski definition) is 2. The van der Waals surface area contributed by atoms with Crippen LogP contribution in [0, 0.1) is 0 Å². The molecule has 25 heavy (non-hydrogen) atoms. The van der Waals surface area contributed by atoms with Gasteiger partial charge in [0.05, 0.1) is 19.8 Å². The van der Waals surface area contributed by atoms with E-state index in [1.54, 1.807) is 7.11 Å². The van der Waals surface area contributed by atoms with Gasteiger partial charge in [0, 0.05) is 45.6 Å². The lowest BCUT2D eigenvalue weighted by Gasteiger charge is -2.26. The van der Waals surface area contributed by atoms with Crippen LogP contribution in [-0.4, -0.2) is 65.6 Å². The molecule has 0 aromatic heterocycles. The number of benzene rings is 1. The van der Waals surface area contributed by atoms with E-state index in [-0.39, 0.29) is 0 Å². The van der Waals surface area contributed by atoms with Crippen molar-refractivity contribution in [2.45, 2.75) is 26.3 Å². The van der Waals surface area contributed by atoms with Crippen molar-refractivity contribution in [1.29, 1.82) is 0 Å². The molecule has 1 rings (SSSR count). The second-order valence-corrected chi connectivity index (χ2v) is 5.90. The third-order valence-corrected chi connectivity index (χ3v) is 3.87. The predicted octanol–water partition coefficient (Wildman–Crippen LogP) is 2.12.